The first-order valence-corrected chi connectivity index (χ1v) is 23.2. The third-order valence-corrected chi connectivity index (χ3v) is 16.3. The summed E-state index contributed by atoms with van der Waals surface area (Å²) in [6.07, 6.45) is 9.27. The summed E-state index contributed by atoms with van der Waals surface area (Å²) in [5, 5.41) is 20.4. The van der Waals surface area contributed by atoms with E-state index in [0.717, 1.165) is 74.5 Å². The number of rotatable bonds is 16. The van der Waals surface area contributed by atoms with Gasteiger partial charge >= 0.3 is 0 Å². The van der Waals surface area contributed by atoms with Gasteiger partial charge in [-0.2, -0.15) is 0 Å². The van der Waals surface area contributed by atoms with Crippen molar-refractivity contribution in [2.24, 2.45) is 63.5 Å². The third kappa shape index (κ3) is 9.78. The van der Waals surface area contributed by atoms with Gasteiger partial charge in [0.15, 0.2) is 0 Å². The van der Waals surface area contributed by atoms with Crippen molar-refractivity contribution in [2.75, 3.05) is 6.61 Å². The highest BCUT2D eigenvalue weighted by molar-refractivity contribution is 5.83. The molecule has 4 aliphatic carbocycles. The second kappa shape index (κ2) is 19.5. The zero-order chi connectivity index (χ0) is 43.3. The topological polar surface area (TPSA) is 186 Å². The Balaban J connectivity index is 1.18. The molecule has 0 aliphatic heterocycles. The van der Waals surface area contributed by atoms with Gasteiger partial charge in [-0.3, -0.25) is 14.4 Å². The highest BCUT2D eigenvalue weighted by Crippen LogP contribution is 2.68. The van der Waals surface area contributed by atoms with Gasteiger partial charge in [0.25, 0.3) is 0 Å². The molecule has 4 saturated carbocycles. The van der Waals surface area contributed by atoms with E-state index in [1.165, 1.54) is 0 Å². The first-order valence-electron chi connectivity index (χ1n) is 23.2. The molecule has 4 aliphatic rings. The fourth-order valence-corrected chi connectivity index (χ4v) is 13.1. The van der Waals surface area contributed by atoms with Gasteiger partial charge in [-0.25, -0.2) is 0 Å². The van der Waals surface area contributed by atoms with Gasteiger partial charge in [0, 0.05) is 24.7 Å². The van der Waals surface area contributed by atoms with Gasteiger partial charge in [-0.05, 0) is 140 Å². The van der Waals surface area contributed by atoms with Crippen LogP contribution in [0.15, 0.2) is 91.0 Å². The van der Waals surface area contributed by atoms with Crippen LogP contribution in [-0.4, -0.2) is 65.7 Å². The Kier molecular flexibility index (Phi) is 14.4. The number of nitrogens with two attached hydrogens (primary N) is 3. The molecular formula is C51H72N6O4. The SMILES string of the molecule is C[C@H](CCCO)[C@H]1CC[C@H]2C3[C@H](NC(=O)[C@@H](N)Cc4ccccc4)CC4C[C@H](NC(=O)[C@@H](N)Cc5ccccc5)CCC4(C)[C@H]3C[C@H](NC(=O)[C@@H](N)Cc3ccccc3)C12C. The maximum Gasteiger partial charge on any atom is 0.237 e. The molecule has 14 atom stereocenters. The standard InChI is InChI=1S/C51H72N6O4/c1-32(14-13-25-58)38-21-22-39-46-40(31-45(51(38,39)3)57-49(61)43(54)28-35-19-11-6-12-20-35)50(2)24-23-37(55-47(59)41(52)26-33-15-7-4-8-16-33)29-36(50)30-44(46)56-48(60)42(53)27-34-17-9-5-10-18-34/h4-12,15-20,32,36-46,58H,13-14,21-31,52-54H2,1-3H3,(H,55,59)(H,56,60)(H,57,61)/t32-,36?,37-,38-,39+,40+,41+,42+,43+,44-,45+,46?,50?,51?/m1/s1. The van der Waals surface area contributed by atoms with Crippen LogP contribution in [0, 0.1) is 46.3 Å². The monoisotopic (exact) mass is 833 g/mol. The number of hydrogen-bond donors (Lipinski definition) is 7. The molecule has 0 spiro atoms. The highest BCUT2D eigenvalue weighted by Gasteiger charge is 2.66. The molecule has 7 rings (SSSR count). The lowest BCUT2D eigenvalue weighted by atomic mass is 9.42. The summed E-state index contributed by atoms with van der Waals surface area (Å²) >= 11 is 0. The molecule has 0 bridgehead atoms. The summed E-state index contributed by atoms with van der Waals surface area (Å²) < 4.78 is 0. The van der Waals surface area contributed by atoms with Crippen molar-refractivity contribution in [3.63, 3.8) is 0 Å². The number of fused-ring (bicyclic) bond motifs is 5. The Morgan fingerprint density at radius 1 is 0.672 bits per heavy atom. The van der Waals surface area contributed by atoms with E-state index in [-0.39, 0.29) is 77.0 Å². The lowest BCUT2D eigenvalue weighted by molar-refractivity contribution is -0.154. The molecule has 10 N–H and O–H groups in total. The van der Waals surface area contributed by atoms with E-state index >= 15 is 0 Å². The summed E-state index contributed by atoms with van der Waals surface area (Å²) in [6, 6.07) is 27.5. The highest BCUT2D eigenvalue weighted by atomic mass is 16.3. The van der Waals surface area contributed by atoms with Crippen molar-refractivity contribution in [3.05, 3.63) is 108 Å². The quantitative estimate of drug-likeness (QED) is 0.100. The molecule has 3 aromatic rings. The van der Waals surface area contributed by atoms with E-state index in [0.29, 0.717) is 31.1 Å². The Hall–Kier alpha value is -4.09. The first-order chi connectivity index (χ1) is 29.3. The second-order valence-electron chi connectivity index (χ2n) is 19.9. The van der Waals surface area contributed by atoms with Gasteiger partial charge in [0.05, 0.1) is 18.1 Å². The van der Waals surface area contributed by atoms with Crippen molar-refractivity contribution < 1.29 is 19.5 Å². The molecule has 10 heteroatoms. The van der Waals surface area contributed by atoms with E-state index in [2.05, 4.69) is 36.7 Å². The number of amides is 3. The van der Waals surface area contributed by atoms with Crippen LogP contribution in [-0.2, 0) is 33.6 Å². The number of benzene rings is 3. The number of aliphatic hydroxyl groups is 1. The molecular weight excluding hydrogens is 761 g/mol. The lowest BCUT2D eigenvalue weighted by Crippen LogP contribution is -2.68. The summed E-state index contributed by atoms with van der Waals surface area (Å²) in [7, 11) is 0. The molecule has 3 amide bonds. The third-order valence-electron chi connectivity index (χ3n) is 16.3. The van der Waals surface area contributed by atoms with Gasteiger partial charge < -0.3 is 38.3 Å². The predicted molar refractivity (Wildman–Crippen MR) is 242 cm³/mol. The maximum atomic E-state index is 14.3. The smallest absolute Gasteiger partial charge is 0.237 e. The number of carbonyl (C=O) groups is 3. The summed E-state index contributed by atoms with van der Waals surface area (Å²) in [5.41, 5.74) is 22.7. The summed E-state index contributed by atoms with van der Waals surface area (Å²) in [4.78, 5) is 42.1. The van der Waals surface area contributed by atoms with Crippen LogP contribution in [0.25, 0.3) is 0 Å². The lowest BCUT2D eigenvalue weighted by Gasteiger charge is -2.65. The first kappa shape index (κ1) is 44.9. The van der Waals surface area contributed by atoms with Gasteiger partial charge in [-0.15, -0.1) is 0 Å². The molecule has 0 aromatic heterocycles. The summed E-state index contributed by atoms with van der Waals surface area (Å²) in [5.74, 6) is 1.16. The molecule has 4 unspecified atom stereocenters. The Morgan fingerprint density at radius 2 is 1.18 bits per heavy atom. The van der Waals surface area contributed by atoms with E-state index < -0.39 is 18.1 Å². The minimum absolute atomic E-state index is 0.0239. The number of carbonyl (C=O) groups excluding carboxylic acids is 3. The average molecular weight is 833 g/mol. The Morgan fingerprint density at radius 3 is 1.70 bits per heavy atom. The average Bonchev–Trinajstić information content (AvgIpc) is 3.62. The van der Waals surface area contributed by atoms with Crippen LogP contribution in [0.3, 0.4) is 0 Å². The number of hydrogen-bond acceptors (Lipinski definition) is 7. The van der Waals surface area contributed by atoms with Crippen molar-refractivity contribution >= 4 is 17.7 Å². The van der Waals surface area contributed by atoms with E-state index in [1.54, 1.807) is 0 Å². The fraction of sp³-hybridized carbons (Fsp3) is 0.588. The molecule has 10 nitrogen and oxygen atoms in total. The van der Waals surface area contributed by atoms with Crippen LogP contribution in [0.2, 0.25) is 0 Å². The van der Waals surface area contributed by atoms with Crippen molar-refractivity contribution in [1.82, 2.24) is 16.0 Å². The molecule has 3 aromatic carbocycles. The van der Waals surface area contributed by atoms with Crippen LogP contribution < -0.4 is 33.2 Å². The van der Waals surface area contributed by atoms with Crippen molar-refractivity contribution in [1.29, 1.82) is 0 Å². The molecule has 330 valence electrons. The van der Waals surface area contributed by atoms with Crippen LogP contribution >= 0.6 is 0 Å². The van der Waals surface area contributed by atoms with Gasteiger partial charge in [0.1, 0.15) is 0 Å². The zero-order valence-electron chi connectivity index (χ0n) is 36.7. The maximum absolute atomic E-state index is 14.3. The van der Waals surface area contributed by atoms with Crippen LogP contribution in [0.1, 0.15) is 95.2 Å². The molecule has 0 heterocycles. The van der Waals surface area contributed by atoms with E-state index in [4.69, 9.17) is 17.2 Å². The molecule has 4 fully saturated rings. The predicted octanol–water partition coefficient (Wildman–Crippen LogP) is 5.44. The minimum Gasteiger partial charge on any atom is -0.396 e. The number of aliphatic hydroxyl groups excluding tert-OH is 1. The Labute approximate surface area is 364 Å². The van der Waals surface area contributed by atoms with Gasteiger partial charge in [-0.1, -0.05) is 112 Å². The zero-order valence-corrected chi connectivity index (χ0v) is 36.7. The number of nitrogens with one attached hydrogen (secondary N) is 3. The van der Waals surface area contributed by atoms with E-state index in [1.807, 2.05) is 91.0 Å². The molecule has 0 saturated heterocycles. The van der Waals surface area contributed by atoms with E-state index in [9.17, 15) is 19.5 Å². The molecule has 61 heavy (non-hydrogen) atoms. The van der Waals surface area contributed by atoms with Crippen LogP contribution in [0.4, 0.5) is 0 Å². The van der Waals surface area contributed by atoms with Crippen LogP contribution in [0.5, 0.6) is 0 Å². The van der Waals surface area contributed by atoms with Crippen molar-refractivity contribution in [3.8, 4) is 0 Å². The molecule has 0 radical (unpaired) electrons. The largest absolute Gasteiger partial charge is 0.396 e. The van der Waals surface area contributed by atoms with Crippen molar-refractivity contribution in [2.45, 2.75) is 134 Å². The Bertz CT molecular complexity index is 1920. The minimum atomic E-state index is -0.693. The fourth-order valence-electron chi connectivity index (χ4n) is 13.1. The summed E-state index contributed by atoms with van der Waals surface area (Å²) in [6.45, 7) is 7.34. The normalized spacial score (nSPS) is 32.5. The second-order valence-corrected chi connectivity index (χ2v) is 19.9. The van der Waals surface area contributed by atoms with Gasteiger partial charge in [0.2, 0.25) is 17.7 Å².